The maximum atomic E-state index is 4.51. The topological polar surface area (TPSA) is 52.6 Å². The third-order valence-corrected chi connectivity index (χ3v) is 4.41. The molecule has 114 valence electrons. The first kappa shape index (κ1) is 16.9. The normalized spacial score (nSPS) is 12.3. The van der Waals surface area contributed by atoms with Gasteiger partial charge in [-0.2, -0.15) is 0 Å². The van der Waals surface area contributed by atoms with Crippen LogP contribution in [0.15, 0.2) is 4.99 Å². The van der Waals surface area contributed by atoms with Gasteiger partial charge in [0.05, 0.1) is 12.2 Å². The van der Waals surface area contributed by atoms with Gasteiger partial charge in [0.1, 0.15) is 5.01 Å². The number of aromatic nitrogens is 1. The number of hydrogen-bond acceptors (Lipinski definition) is 4. The molecule has 5 nitrogen and oxygen atoms in total. The van der Waals surface area contributed by atoms with Crippen molar-refractivity contribution in [1.82, 2.24) is 20.5 Å². The first-order chi connectivity index (χ1) is 9.43. The zero-order valence-corrected chi connectivity index (χ0v) is 14.3. The fraction of sp³-hybridized carbons (Fsp3) is 0.714. The lowest BCUT2D eigenvalue weighted by molar-refractivity contribution is 0.278. The van der Waals surface area contributed by atoms with Gasteiger partial charge in [-0.3, -0.25) is 4.99 Å². The first-order valence-corrected chi connectivity index (χ1v) is 7.83. The fourth-order valence-electron chi connectivity index (χ4n) is 1.60. The van der Waals surface area contributed by atoms with E-state index in [2.05, 4.69) is 53.3 Å². The Bertz CT molecular complexity index is 419. The van der Waals surface area contributed by atoms with Gasteiger partial charge in [-0.25, -0.2) is 4.98 Å². The molecule has 6 heteroatoms. The maximum Gasteiger partial charge on any atom is 0.191 e. The highest BCUT2D eigenvalue weighted by atomic mass is 32.1. The summed E-state index contributed by atoms with van der Waals surface area (Å²) in [5.74, 6) is 0.827. The van der Waals surface area contributed by atoms with Crippen molar-refractivity contribution in [3.63, 3.8) is 0 Å². The Labute approximate surface area is 126 Å². The molecule has 1 aromatic heterocycles. The van der Waals surface area contributed by atoms with Crippen LogP contribution in [-0.2, 0) is 6.54 Å². The lowest BCUT2D eigenvalue weighted by atomic mass is 10.3. The predicted molar refractivity (Wildman–Crippen MR) is 87.6 cm³/mol. The van der Waals surface area contributed by atoms with E-state index in [9.17, 15) is 0 Å². The number of hydrogen-bond donors (Lipinski definition) is 2. The van der Waals surface area contributed by atoms with Gasteiger partial charge in [-0.1, -0.05) is 0 Å². The monoisotopic (exact) mass is 297 g/mol. The van der Waals surface area contributed by atoms with E-state index in [1.807, 2.05) is 6.92 Å². The van der Waals surface area contributed by atoms with Crippen LogP contribution < -0.4 is 10.6 Å². The van der Waals surface area contributed by atoms with Gasteiger partial charge < -0.3 is 15.5 Å². The highest BCUT2D eigenvalue weighted by Crippen LogP contribution is 2.15. The summed E-state index contributed by atoms with van der Waals surface area (Å²) in [6, 6.07) is 0.563. The van der Waals surface area contributed by atoms with E-state index in [-0.39, 0.29) is 0 Å². The van der Waals surface area contributed by atoms with Crippen LogP contribution in [0.3, 0.4) is 0 Å². The molecule has 0 atom stereocenters. The Balaban J connectivity index is 2.33. The van der Waals surface area contributed by atoms with Crippen LogP contribution in [0.2, 0.25) is 0 Å². The van der Waals surface area contributed by atoms with E-state index >= 15 is 0 Å². The molecule has 0 spiro atoms. The van der Waals surface area contributed by atoms with Crippen LogP contribution in [0.1, 0.15) is 29.4 Å². The average molecular weight is 297 g/mol. The Kier molecular flexibility index (Phi) is 6.95. The van der Waals surface area contributed by atoms with Crippen molar-refractivity contribution >= 4 is 17.3 Å². The van der Waals surface area contributed by atoms with Crippen molar-refractivity contribution in [3.05, 3.63) is 15.6 Å². The smallest absolute Gasteiger partial charge is 0.191 e. The van der Waals surface area contributed by atoms with Crippen molar-refractivity contribution in [3.8, 4) is 0 Å². The molecular formula is C14H27N5S. The lowest BCUT2D eigenvalue weighted by Crippen LogP contribution is -2.41. The third-order valence-electron chi connectivity index (χ3n) is 3.34. The first-order valence-electron chi connectivity index (χ1n) is 7.01. The molecule has 0 aliphatic carbocycles. The maximum absolute atomic E-state index is 4.51. The van der Waals surface area contributed by atoms with Crippen molar-refractivity contribution in [1.29, 1.82) is 0 Å². The Morgan fingerprint density at radius 1 is 1.35 bits per heavy atom. The summed E-state index contributed by atoms with van der Waals surface area (Å²) < 4.78 is 0. The molecule has 0 saturated carbocycles. The minimum atomic E-state index is 0.563. The molecule has 0 aromatic carbocycles. The lowest BCUT2D eigenvalue weighted by Gasteiger charge is -2.21. The van der Waals surface area contributed by atoms with Crippen LogP contribution in [0.25, 0.3) is 0 Å². The van der Waals surface area contributed by atoms with Crippen LogP contribution in [0, 0.1) is 13.8 Å². The van der Waals surface area contributed by atoms with Crippen molar-refractivity contribution in [2.45, 2.75) is 40.3 Å². The Morgan fingerprint density at radius 3 is 2.55 bits per heavy atom. The highest BCUT2D eigenvalue weighted by molar-refractivity contribution is 7.11. The molecule has 0 bridgehead atoms. The Morgan fingerprint density at radius 2 is 2.05 bits per heavy atom. The van der Waals surface area contributed by atoms with Crippen LogP contribution in [-0.4, -0.2) is 49.1 Å². The molecule has 0 aliphatic heterocycles. The third kappa shape index (κ3) is 5.46. The Hall–Kier alpha value is -1.14. The van der Waals surface area contributed by atoms with Gasteiger partial charge >= 0.3 is 0 Å². The van der Waals surface area contributed by atoms with E-state index in [0.717, 1.165) is 36.3 Å². The summed E-state index contributed by atoms with van der Waals surface area (Å²) in [4.78, 5) is 12.3. The van der Waals surface area contributed by atoms with Gasteiger partial charge in [-0.15, -0.1) is 11.3 Å². The summed E-state index contributed by atoms with van der Waals surface area (Å²) >= 11 is 1.73. The number of thiazole rings is 1. The van der Waals surface area contributed by atoms with Gasteiger partial charge in [0, 0.05) is 31.1 Å². The molecule has 1 rings (SSSR count). The number of nitrogens with zero attached hydrogens (tertiary/aromatic N) is 3. The van der Waals surface area contributed by atoms with Gasteiger partial charge in [-0.05, 0) is 34.7 Å². The molecule has 0 fully saturated rings. The second kappa shape index (κ2) is 8.21. The number of aliphatic imine (C=N–C) groups is 1. The van der Waals surface area contributed by atoms with E-state index in [0.29, 0.717) is 6.04 Å². The second-order valence-corrected chi connectivity index (χ2v) is 6.46. The number of likely N-dealkylation sites (N-methyl/N-ethyl adjacent to an activating group) is 1. The average Bonchev–Trinajstić information content (AvgIpc) is 2.72. The van der Waals surface area contributed by atoms with Crippen molar-refractivity contribution < 1.29 is 0 Å². The molecule has 0 radical (unpaired) electrons. The van der Waals surface area contributed by atoms with Crippen LogP contribution in [0.5, 0.6) is 0 Å². The van der Waals surface area contributed by atoms with Gasteiger partial charge in [0.2, 0.25) is 0 Å². The SMILES string of the molecule is CN=C(NCCN(C)C(C)C)NCc1nc(C)c(C)s1. The molecular weight excluding hydrogens is 270 g/mol. The minimum absolute atomic E-state index is 0.563. The molecule has 0 saturated heterocycles. The van der Waals surface area contributed by atoms with Crippen molar-refractivity contribution in [2.24, 2.45) is 4.99 Å². The van der Waals surface area contributed by atoms with E-state index in [4.69, 9.17) is 0 Å². The molecule has 20 heavy (non-hydrogen) atoms. The van der Waals surface area contributed by atoms with Crippen molar-refractivity contribution in [2.75, 3.05) is 27.2 Å². The second-order valence-electron chi connectivity index (χ2n) is 5.18. The number of guanidine groups is 1. The summed E-state index contributed by atoms with van der Waals surface area (Å²) in [5.41, 5.74) is 1.12. The fourth-order valence-corrected chi connectivity index (χ4v) is 2.48. The van der Waals surface area contributed by atoms with E-state index in [1.54, 1.807) is 18.4 Å². The van der Waals surface area contributed by atoms with Crippen LogP contribution >= 0.6 is 11.3 Å². The van der Waals surface area contributed by atoms with E-state index in [1.165, 1.54) is 4.88 Å². The van der Waals surface area contributed by atoms with Gasteiger partial charge in [0.25, 0.3) is 0 Å². The summed E-state index contributed by atoms with van der Waals surface area (Å²) in [6.45, 7) is 11.1. The molecule has 2 N–H and O–H groups in total. The summed E-state index contributed by atoms with van der Waals surface area (Å²) in [7, 11) is 3.92. The molecule has 0 amide bonds. The zero-order chi connectivity index (χ0) is 15.1. The molecule has 1 aromatic rings. The van der Waals surface area contributed by atoms with Crippen LogP contribution in [0.4, 0.5) is 0 Å². The molecule has 1 heterocycles. The number of nitrogens with one attached hydrogen (secondary N) is 2. The summed E-state index contributed by atoms with van der Waals surface area (Å²) in [5, 5.41) is 7.72. The summed E-state index contributed by atoms with van der Waals surface area (Å²) in [6.07, 6.45) is 0. The minimum Gasteiger partial charge on any atom is -0.355 e. The quantitative estimate of drug-likeness (QED) is 0.621. The molecule has 0 aliphatic rings. The molecule has 0 unspecified atom stereocenters. The zero-order valence-electron chi connectivity index (χ0n) is 13.4. The largest absolute Gasteiger partial charge is 0.355 e. The van der Waals surface area contributed by atoms with Gasteiger partial charge in [0.15, 0.2) is 5.96 Å². The number of rotatable bonds is 6. The number of aryl methyl sites for hydroxylation is 2. The predicted octanol–water partition coefficient (Wildman–Crippen LogP) is 1.77. The highest BCUT2D eigenvalue weighted by Gasteiger charge is 2.06. The van der Waals surface area contributed by atoms with E-state index < -0.39 is 0 Å². The standard InChI is InChI=1S/C14H27N5S/c1-10(2)19(6)8-7-16-14(15-5)17-9-13-18-11(3)12(4)20-13/h10H,7-9H2,1-6H3,(H2,15,16,17).